The molecule has 0 radical (unpaired) electrons. The van der Waals surface area contributed by atoms with Gasteiger partial charge in [-0.2, -0.15) is 5.10 Å². The molecule has 30 heavy (non-hydrogen) atoms. The molecule has 0 saturated carbocycles. The second-order valence-electron chi connectivity index (χ2n) is 8.30. The molecule has 6 nitrogen and oxygen atoms in total. The molecule has 0 spiro atoms. The van der Waals surface area contributed by atoms with Gasteiger partial charge in [0.05, 0.1) is 5.69 Å². The molecule has 0 N–H and O–H groups in total. The van der Waals surface area contributed by atoms with Crippen LogP contribution in [0.3, 0.4) is 0 Å². The third-order valence-corrected chi connectivity index (χ3v) is 6.23. The van der Waals surface area contributed by atoms with E-state index in [4.69, 9.17) is 5.10 Å². The highest BCUT2D eigenvalue weighted by Crippen LogP contribution is 2.29. The van der Waals surface area contributed by atoms with Gasteiger partial charge >= 0.3 is 0 Å². The molecule has 1 aromatic carbocycles. The van der Waals surface area contributed by atoms with Gasteiger partial charge in [0.15, 0.2) is 5.69 Å². The molecule has 2 aliphatic rings. The van der Waals surface area contributed by atoms with Gasteiger partial charge in [0.25, 0.3) is 5.91 Å². The van der Waals surface area contributed by atoms with Gasteiger partial charge in [-0.05, 0) is 56.0 Å². The molecule has 0 atom stereocenters. The number of hydrogen-bond donors (Lipinski definition) is 0. The quantitative estimate of drug-likeness (QED) is 0.674. The molecule has 5 rings (SSSR count). The summed E-state index contributed by atoms with van der Waals surface area (Å²) in [4.78, 5) is 21.8. The van der Waals surface area contributed by atoms with Crippen LogP contribution in [0.2, 0.25) is 0 Å². The maximum atomic E-state index is 13.3. The summed E-state index contributed by atoms with van der Waals surface area (Å²) >= 11 is 0. The minimum atomic E-state index is 0.0857. The van der Waals surface area contributed by atoms with Crippen molar-refractivity contribution in [1.29, 1.82) is 0 Å². The van der Waals surface area contributed by atoms with Gasteiger partial charge in [0.1, 0.15) is 0 Å². The Bertz CT molecular complexity index is 1030. The first-order valence-electron chi connectivity index (χ1n) is 10.8. The number of fused-ring (bicyclic) bond motifs is 1. The van der Waals surface area contributed by atoms with E-state index in [9.17, 15) is 4.79 Å². The Hall–Kier alpha value is -2.99. The molecule has 1 amide bonds. The Morgan fingerprint density at radius 1 is 0.967 bits per heavy atom. The summed E-state index contributed by atoms with van der Waals surface area (Å²) in [5.41, 5.74) is 6.55. The summed E-state index contributed by atoms with van der Waals surface area (Å²) in [6.45, 7) is 6.25. The molecule has 1 aliphatic carbocycles. The van der Waals surface area contributed by atoms with Crippen LogP contribution in [0.25, 0.3) is 5.69 Å². The summed E-state index contributed by atoms with van der Waals surface area (Å²) in [5, 5.41) is 4.80. The zero-order valence-electron chi connectivity index (χ0n) is 17.4. The molecule has 1 aliphatic heterocycles. The van der Waals surface area contributed by atoms with Crippen LogP contribution in [0.1, 0.15) is 39.3 Å². The van der Waals surface area contributed by atoms with Crippen LogP contribution < -0.4 is 0 Å². The van der Waals surface area contributed by atoms with Crippen molar-refractivity contribution in [3.05, 3.63) is 76.9 Å². The average Bonchev–Trinajstić information content (AvgIpc) is 3.38. The SMILES string of the molecule is Cc1ccc(-n2nc(C(=O)N3CCN(Cc4ccncc4)CC3)c3c2CCC3)cc1. The third kappa shape index (κ3) is 3.63. The Kier molecular flexibility index (Phi) is 5.09. The Labute approximate surface area is 177 Å². The summed E-state index contributed by atoms with van der Waals surface area (Å²) in [5.74, 6) is 0.0857. The number of benzene rings is 1. The summed E-state index contributed by atoms with van der Waals surface area (Å²) in [6, 6.07) is 12.5. The lowest BCUT2D eigenvalue weighted by Crippen LogP contribution is -2.48. The molecule has 1 saturated heterocycles. The average molecular weight is 402 g/mol. The largest absolute Gasteiger partial charge is 0.335 e. The van der Waals surface area contributed by atoms with Gasteiger partial charge in [-0.3, -0.25) is 14.7 Å². The Morgan fingerprint density at radius 2 is 1.70 bits per heavy atom. The summed E-state index contributed by atoms with van der Waals surface area (Å²) in [6.07, 6.45) is 6.70. The molecule has 3 heterocycles. The van der Waals surface area contributed by atoms with Crippen LogP contribution in [-0.4, -0.2) is 56.7 Å². The molecule has 0 bridgehead atoms. The van der Waals surface area contributed by atoms with Crippen LogP contribution in [0.4, 0.5) is 0 Å². The van der Waals surface area contributed by atoms with Crippen molar-refractivity contribution in [2.24, 2.45) is 0 Å². The molecule has 3 aromatic rings. The van der Waals surface area contributed by atoms with Crippen molar-refractivity contribution in [2.75, 3.05) is 26.2 Å². The predicted octanol–water partition coefficient (Wildman–Crippen LogP) is 3.02. The highest BCUT2D eigenvalue weighted by atomic mass is 16.2. The first kappa shape index (κ1) is 19.0. The molecule has 6 heteroatoms. The van der Waals surface area contributed by atoms with Crippen LogP contribution in [0, 0.1) is 6.92 Å². The molecule has 0 unspecified atom stereocenters. The van der Waals surface area contributed by atoms with E-state index in [0.717, 1.165) is 63.2 Å². The van der Waals surface area contributed by atoms with E-state index in [2.05, 4.69) is 53.2 Å². The molecule has 154 valence electrons. The fourth-order valence-corrected chi connectivity index (χ4v) is 4.51. The van der Waals surface area contributed by atoms with Gasteiger partial charge in [-0.25, -0.2) is 4.68 Å². The third-order valence-electron chi connectivity index (χ3n) is 6.23. The van der Waals surface area contributed by atoms with Gasteiger partial charge < -0.3 is 4.90 Å². The van der Waals surface area contributed by atoms with Crippen molar-refractivity contribution in [3.63, 3.8) is 0 Å². The smallest absolute Gasteiger partial charge is 0.274 e. The number of amides is 1. The number of piperazine rings is 1. The van der Waals surface area contributed by atoms with Crippen molar-refractivity contribution in [1.82, 2.24) is 24.6 Å². The van der Waals surface area contributed by atoms with E-state index in [-0.39, 0.29) is 5.91 Å². The van der Waals surface area contributed by atoms with E-state index in [1.54, 1.807) is 0 Å². The van der Waals surface area contributed by atoms with E-state index >= 15 is 0 Å². The van der Waals surface area contributed by atoms with E-state index in [1.165, 1.54) is 16.8 Å². The lowest BCUT2D eigenvalue weighted by molar-refractivity contribution is 0.0621. The summed E-state index contributed by atoms with van der Waals surface area (Å²) in [7, 11) is 0. The first-order valence-corrected chi connectivity index (χ1v) is 10.8. The Morgan fingerprint density at radius 3 is 2.43 bits per heavy atom. The fraction of sp³-hybridized carbons (Fsp3) is 0.375. The van der Waals surface area contributed by atoms with Crippen LogP contribution in [0.5, 0.6) is 0 Å². The number of carbonyl (C=O) groups excluding carboxylic acids is 1. The van der Waals surface area contributed by atoms with Crippen LogP contribution in [0.15, 0.2) is 48.8 Å². The molecular weight excluding hydrogens is 374 g/mol. The van der Waals surface area contributed by atoms with Crippen molar-refractivity contribution in [3.8, 4) is 5.69 Å². The topological polar surface area (TPSA) is 54.3 Å². The maximum absolute atomic E-state index is 13.3. The van der Waals surface area contributed by atoms with E-state index in [1.807, 2.05) is 22.0 Å². The number of hydrogen-bond acceptors (Lipinski definition) is 4. The molecular formula is C24H27N5O. The number of rotatable bonds is 4. The van der Waals surface area contributed by atoms with E-state index < -0.39 is 0 Å². The second-order valence-corrected chi connectivity index (χ2v) is 8.30. The standard InChI is InChI=1S/C24H27N5O/c1-18-5-7-20(8-6-18)29-22-4-2-3-21(22)23(26-29)24(30)28-15-13-27(14-16-28)17-19-9-11-25-12-10-19/h5-12H,2-4,13-17H2,1H3. The van der Waals surface area contributed by atoms with Crippen molar-refractivity contribution in [2.45, 2.75) is 32.7 Å². The molecule has 1 fully saturated rings. The minimum absolute atomic E-state index is 0.0857. The van der Waals surface area contributed by atoms with E-state index in [0.29, 0.717) is 5.69 Å². The van der Waals surface area contributed by atoms with Gasteiger partial charge in [-0.1, -0.05) is 17.7 Å². The van der Waals surface area contributed by atoms with Gasteiger partial charge in [0.2, 0.25) is 0 Å². The minimum Gasteiger partial charge on any atom is -0.335 e. The zero-order valence-corrected chi connectivity index (χ0v) is 17.4. The number of carbonyl (C=O) groups is 1. The maximum Gasteiger partial charge on any atom is 0.274 e. The van der Waals surface area contributed by atoms with Crippen molar-refractivity contribution < 1.29 is 4.79 Å². The van der Waals surface area contributed by atoms with Gasteiger partial charge in [-0.15, -0.1) is 0 Å². The van der Waals surface area contributed by atoms with Crippen LogP contribution >= 0.6 is 0 Å². The highest BCUT2D eigenvalue weighted by Gasteiger charge is 2.31. The second kappa shape index (κ2) is 8.03. The van der Waals surface area contributed by atoms with Gasteiger partial charge in [0, 0.05) is 56.4 Å². The van der Waals surface area contributed by atoms with Crippen LogP contribution in [-0.2, 0) is 19.4 Å². The Balaban J connectivity index is 1.31. The lowest BCUT2D eigenvalue weighted by atomic mass is 10.1. The normalized spacial score (nSPS) is 16.6. The number of aromatic nitrogens is 3. The monoisotopic (exact) mass is 401 g/mol. The first-order chi connectivity index (χ1) is 14.7. The number of pyridine rings is 1. The number of nitrogens with zero attached hydrogens (tertiary/aromatic N) is 5. The fourth-order valence-electron chi connectivity index (χ4n) is 4.51. The predicted molar refractivity (Wildman–Crippen MR) is 116 cm³/mol. The zero-order chi connectivity index (χ0) is 20.5. The number of aryl methyl sites for hydroxylation is 1. The molecule has 2 aromatic heterocycles. The van der Waals surface area contributed by atoms with Crippen molar-refractivity contribution >= 4 is 5.91 Å². The summed E-state index contributed by atoms with van der Waals surface area (Å²) < 4.78 is 1.99. The lowest BCUT2D eigenvalue weighted by Gasteiger charge is -2.34. The highest BCUT2D eigenvalue weighted by molar-refractivity contribution is 5.94.